The van der Waals surface area contributed by atoms with Gasteiger partial charge in [0.25, 0.3) is 0 Å². The lowest BCUT2D eigenvalue weighted by Crippen LogP contribution is -2.50. The van der Waals surface area contributed by atoms with E-state index >= 15 is 0 Å². The highest BCUT2D eigenvalue weighted by Gasteiger charge is 2.38. The molecule has 0 saturated carbocycles. The molecule has 22 heavy (non-hydrogen) atoms. The van der Waals surface area contributed by atoms with E-state index < -0.39 is 0 Å². The molecule has 3 atom stereocenters. The Morgan fingerprint density at radius 1 is 1.45 bits per heavy atom. The van der Waals surface area contributed by atoms with Gasteiger partial charge < -0.3 is 15.6 Å². The van der Waals surface area contributed by atoms with Crippen molar-refractivity contribution in [3.05, 3.63) is 48.2 Å². The molecule has 1 aliphatic heterocycles. The van der Waals surface area contributed by atoms with Crippen molar-refractivity contribution in [2.24, 2.45) is 5.92 Å². The molecule has 3 N–H and O–H groups in total. The summed E-state index contributed by atoms with van der Waals surface area (Å²) in [5.74, 6) is 0.593. The number of H-pyrrole nitrogens is 1. The zero-order chi connectivity index (χ0) is 15.1. The van der Waals surface area contributed by atoms with E-state index in [1.807, 2.05) is 0 Å². The maximum absolute atomic E-state index is 12.3. The second-order valence-corrected chi connectivity index (χ2v) is 6.38. The van der Waals surface area contributed by atoms with E-state index in [9.17, 15) is 4.79 Å². The van der Waals surface area contributed by atoms with Crippen LogP contribution in [0, 0.1) is 5.92 Å². The van der Waals surface area contributed by atoms with E-state index in [1.165, 1.54) is 22.0 Å². The first-order valence-corrected chi connectivity index (χ1v) is 7.99. The van der Waals surface area contributed by atoms with Crippen molar-refractivity contribution in [3.63, 3.8) is 0 Å². The standard InChI is InChI=1S/C18H21N3O/c1-2-6-19-18(22)12-7-14-13-4-3-5-15-17(13)11(9-20-15)8-16(14)21-10-12/h2-5,9,12,14,16,20-21H,1,6-8,10H2,(H,19,22)/t12?,14-,16-/m1/s1. The maximum atomic E-state index is 12.3. The number of aromatic nitrogens is 1. The topological polar surface area (TPSA) is 56.9 Å². The number of hydrogen-bond donors (Lipinski definition) is 3. The largest absolute Gasteiger partial charge is 0.361 e. The van der Waals surface area contributed by atoms with Gasteiger partial charge in [-0.2, -0.15) is 0 Å². The lowest BCUT2D eigenvalue weighted by molar-refractivity contribution is -0.125. The Balaban J connectivity index is 1.64. The highest BCUT2D eigenvalue weighted by Crippen LogP contribution is 2.41. The Bertz CT molecular complexity index is 733. The third kappa shape index (κ3) is 2.06. The summed E-state index contributed by atoms with van der Waals surface area (Å²) in [6.07, 6.45) is 5.83. The summed E-state index contributed by atoms with van der Waals surface area (Å²) in [4.78, 5) is 15.6. The number of carbonyl (C=O) groups excluding carboxylic acids is 1. The number of aromatic amines is 1. The number of carbonyl (C=O) groups is 1. The van der Waals surface area contributed by atoms with Crippen molar-refractivity contribution < 1.29 is 4.79 Å². The predicted molar refractivity (Wildman–Crippen MR) is 87.8 cm³/mol. The van der Waals surface area contributed by atoms with Crippen LogP contribution in [0.1, 0.15) is 23.5 Å². The molecule has 2 aromatic rings. The molecular formula is C18H21N3O. The molecule has 2 heterocycles. The van der Waals surface area contributed by atoms with Gasteiger partial charge in [-0.15, -0.1) is 6.58 Å². The third-order valence-corrected chi connectivity index (χ3v) is 5.10. The molecule has 4 nitrogen and oxygen atoms in total. The minimum atomic E-state index is 0.0388. The van der Waals surface area contributed by atoms with Crippen molar-refractivity contribution in [2.45, 2.75) is 24.8 Å². The number of rotatable bonds is 3. The van der Waals surface area contributed by atoms with Crippen molar-refractivity contribution >= 4 is 16.8 Å². The average Bonchev–Trinajstić information content (AvgIpc) is 2.97. The van der Waals surface area contributed by atoms with Crippen molar-refractivity contribution in [1.82, 2.24) is 15.6 Å². The zero-order valence-corrected chi connectivity index (χ0v) is 12.6. The lowest BCUT2D eigenvalue weighted by Gasteiger charge is -2.39. The first kappa shape index (κ1) is 13.6. The SMILES string of the molecule is C=CCNC(=O)C1CN[C@@H]2Cc3c[nH]c4cccc(c34)[C@H]2C1. The Morgan fingerprint density at radius 2 is 2.36 bits per heavy atom. The van der Waals surface area contributed by atoms with Crippen LogP contribution >= 0.6 is 0 Å². The molecule has 1 aromatic carbocycles. The number of nitrogens with one attached hydrogen (secondary N) is 3. The summed E-state index contributed by atoms with van der Waals surface area (Å²) in [5, 5.41) is 7.91. The summed E-state index contributed by atoms with van der Waals surface area (Å²) in [5.41, 5.74) is 4.00. The zero-order valence-electron chi connectivity index (χ0n) is 12.6. The Hall–Kier alpha value is -2.07. The van der Waals surface area contributed by atoms with Crippen LogP contribution in [0.5, 0.6) is 0 Å². The second kappa shape index (κ2) is 5.29. The molecule has 1 aliphatic carbocycles. The van der Waals surface area contributed by atoms with Gasteiger partial charge in [-0.25, -0.2) is 0 Å². The summed E-state index contributed by atoms with van der Waals surface area (Å²) < 4.78 is 0. The van der Waals surface area contributed by atoms with Gasteiger partial charge in [-0.1, -0.05) is 18.2 Å². The third-order valence-electron chi connectivity index (χ3n) is 5.10. The fourth-order valence-corrected chi connectivity index (χ4v) is 4.06. The molecule has 2 aliphatic rings. The van der Waals surface area contributed by atoms with Crippen LogP contribution in [0.2, 0.25) is 0 Å². The molecule has 4 rings (SSSR count). The molecule has 1 unspecified atom stereocenters. The molecule has 114 valence electrons. The normalized spacial score (nSPS) is 26.5. The first-order chi connectivity index (χ1) is 10.8. The van der Waals surface area contributed by atoms with Crippen LogP contribution in [0.15, 0.2) is 37.1 Å². The highest BCUT2D eigenvalue weighted by molar-refractivity contribution is 5.88. The summed E-state index contributed by atoms with van der Waals surface area (Å²) in [6.45, 7) is 4.96. The van der Waals surface area contributed by atoms with Crippen LogP contribution in [0.3, 0.4) is 0 Å². The van der Waals surface area contributed by atoms with Crippen LogP contribution in [-0.4, -0.2) is 30.0 Å². The van der Waals surface area contributed by atoms with E-state index in [0.29, 0.717) is 18.5 Å². The van der Waals surface area contributed by atoms with Crippen LogP contribution in [0.4, 0.5) is 0 Å². The average molecular weight is 295 g/mol. The van der Waals surface area contributed by atoms with E-state index in [-0.39, 0.29) is 11.8 Å². The fraction of sp³-hybridized carbons (Fsp3) is 0.389. The second-order valence-electron chi connectivity index (χ2n) is 6.38. The molecule has 1 aromatic heterocycles. The highest BCUT2D eigenvalue weighted by atomic mass is 16.1. The molecular weight excluding hydrogens is 274 g/mol. The van der Waals surface area contributed by atoms with Gasteiger partial charge in [0.15, 0.2) is 0 Å². The van der Waals surface area contributed by atoms with Crippen molar-refractivity contribution in [1.29, 1.82) is 0 Å². The van der Waals surface area contributed by atoms with Gasteiger partial charge >= 0.3 is 0 Å². The molecule has 0 bridgehead atoms. The van der Waals surface area contributed by atoms with Gasteiger partial charge in [-0.3, -0.25) is 4.79 Å². The van der Waals surface area contributed by atoms with E-state index in [4.69, 9.17) is 0 Å². The van der Waals surface area contributed by atoms with Gasteiger partial charge in [-0.05, 0) is 30.0 Å². The lowest BCUT2D eigenvalue weighted by atomic mass is 9.73. The molecule has 1 saturated heterocycles. The maximum Gasteiger partial charge on any atom is 0.224 e. The van der Waals surface area contributed by atoms with Crippen LogP contribution in [-0.2, 0) is 11.2 Å². The van der Waals surface area contributed by atoms with Gasteiger partial charge in [0.2, 0.25) is 5.91 Å². The number of fused-ring (bicyclic) bond motifs is 2. The monoisotopic (exact) mass is 295 g/mol. The van der Waals surface area contributed by atoms with Gasteiger partial charge in [0, 0.05) is 42.1 Å². The Morgan fingerprint density at radius 3 is 3.23 bits per heavy atom. The van der Waals surface area contributed by atoms with Crippen molar-refractivity contribution in [3.8, 4) is 0 Å². The van der Waals surface area contributed by atoms with E-state index in [2.05, 4.69) is 46.6 Å². The number of hydrogen-bond acceptors (Lipinski definition) is 2. The van der Waals surface area contributed by atoms with Crippen LogP contribution in [0.25, 0.3) is 10.9 Å². The first-order valence-electron chi connectivity index (χ1n) is 7.99. The van der Waals surface area contributed by atoms with Gasteiger partial charge in [0.05, 0.1) is 5.92 Å². The van der Waals surface area contributed by atoms with E-state index in [0.717, 1.165) is 19.4 Å². The summed E-state index contributed by atoms with van der Waals surface area (Å²) in [7, 11) is 0. The summed E-state index contributed by atoms with van der Waals surface area (Å²) >= 11 is 0. The Kier molecular flexibility index (Phi) is 3.26. The number of amides is 1. The number of benzene rings is 1. The van der Waals surface area contributed by atoms with Crippen LogP contribution < -0.4 is 10.6 Å². The summed E-state index contributed by atoms with van der Waals surface area (Å²) in [6, 6.07) is 6.91. The molecule has 0 radical (unpaired) electrons. The van der Waals surface area contributed by atoms with Crippen molar-refractivity contribution in [2.75, 3.05) is 13.1 Å². The predicted octanol–water partition coefficient (Wildman–Crippen LogP) is 2.09. The molecule has 4 heteroatoms. The fourth-order valence-electron chi connectivity index (χ4n) is 4.06. The molecule has 1 fully saturated rings. The Labute approximate surface area is 130 Å². The quantitative estimate of drug-likeness (QED) is 0.759. The van der Waals surface area contributed by atoms with Gasteiger partial charge in [0.1, 0.15) is 0 Å². The molecule has 1 amide bonds. The molecule has 0 spiro atoms. The minimum absolute atomic E-state index is 0.0388. The number of piperidine rings is 1. The minimum Gasteiger partial charge on any atom is -0.361 e. The van der Waals surface area contributed by atoms with E-state index in [1.54, 1.807) is 6.08 Å². The smallest absolute Gasteiger partial charge is 0.224 e.